The highest BCUT2D eigenvalue weighted by Gasteiger charge is 2.08. The van der Waals surface area contributed by atoms with Gasteiger partial charge in [-0.15, -0.1) is 11.8 Å². The van der Waals surface area contributed by atoms with Gasteiger partial charge in [0.1, 0.15) is 0 Å². The first-order valence-corrected chi connectivity index (χ1v) is 8.82. The molecule has 0 saturated heterocycles. The van der Waals surface area contributed by atoms with Gasteiger partial charge in [0.15, 0.2) is 0 Å². The molecule has 0 aliphatic rings. The minimum absolute atomic E-state index is 0.610. The summed E-state index contributed by atoms with van der Waals surface area (Å²) in [6.07, 6.45) is 2.43. The standard InChI is InChI=1S/C19H26N2S/c1-4-5-14(2)22-19-11-10-17(12-18(19)20)16-8-6-15(7-9-16)13-21-3/h6-12,14,21H,4-5,13,20H2,1-3H3. The molecule has 118 valence electrons. The van der Waals surface area contributed by atoms with E-state index in [4.69, 9.17) is 5.73 Å². The molecule has 1 atom stereocenters. The fourth-order valence-corrected chi connectivity index (χ4v) is 3.67. The Bertz CT molecular complexity index is 593. The molecule has 3 N–H and O–H groups in total. The van der Waals surface area contributed by atoms with E-state index in [0.29, 0.717) is 5.25 Å². The fraction of sp³-hybridized carbons (Fsp3) is 0.368. The maximum Gasteiger partial charge on any atom is 0.0458 e. The van der Waals surface area contributed by atoms with Crippen LogP contribution in [-0.4, -0.2) is 12.3 Å². The van der Waals surface area contributed by atoms with Crippen molar-refractivity contribution in [2.75, 3.05) is 12.8 Å². The molecule has 2 nitrogen and oxygen atoms in total. The Morgan fingerprint density at radius 3 is 2.36 bits per heavy atom. The maximum atomic E-state index is 6.25. The highest BCUT2D eigenvalue weighted by molar-refractivity contribution is 8.00. The summed E-state index contributed by atoms with van der Waals surface area (Å²) in [5.41, 5.74) is 10.8. The van der Waals surface area contributed by atoms with Gasteiger partial charge >= 0.3 is 0 Å². The highest BCUT2D eigenvalue weighted by Crippen LogP contribution is 2.33. The number of nitrogens with one attached hydrogen (secondary N) is 1. The molecule has 1 unspecified atom stereocenters. The molecule has 0 fully saturated rings. The predicted octanol–water partition coefficient (Wildman–Crippen LogP) is 4.94. The Balaban J connectivity index is 2.14. The zero-order valence-corrected chi connectivity index (χ0v) is 14.5. The first kappa shape index (κ1) is 16.9. The predicted molar refractivity (Wildman–Crippen MR) is 99.3 cm³/mol. The third-order valence-electron chi connectivity index (χ3n) is 3.70. The van der Waals surface area contributed by atoms with E-state index < -0.39 is 0 Å². The number of hydrogen-bond donors (Lipinski definition) is 2. The van der Waals surface area contributed by atoms with Gasteiger partial charge in [-0.25, -0.2) is 0 Å². The Hall–Kier alpha value is -1.45. The summed E-state index contributed by atoms with van der Waals surface area (Å²) < 4.78 is 0. The number of anilines is 1. The average Bonchev–Trinajstić information content (AvgIpc) is 2.51. The lowest BCUT2D eigenvalue weighted by Gasteiger charge is -2.13. The van der Waals surface area contributed by atoms with Gasteiger partial charge in [0.2, 0.25) is 0 Å². The van der Waals surface area contributed by atoms with Crippen molar-refractivity contribution in [3.8, 4) is 11.1 Å². The Kier molecular flexibility index (Phi) is 6.34. The highest BCUT2D eigenvalue weighted by atomic mass is 32.2. The number of benzene rings is 2. The van der Waals surface area contributed by atoms with E-state index in [0.717, 1.165) is 12.2 Å². The molecule has 0 heterocycles. The van der Waals surface area contributed by atoms with Crippen molar-refractivity contribution < 1.29 is 0 Å². The summed E-state index contributed by atoms with van der Waals surface area (Å²) in [4.78, 5) is 1.19. The molecule has 3 heteroatoms. The van der Waals surface area contributed by atoms with Crippen molar-refractivity contribution in [3.05, 3.63) is 48.0 Å². The smallest absolute Gasteiger partial charge is 0.0458 e. The van der Waals surface area contributed by atoms with Crippen LogP contribution in [0.5, 0.6) is 0 Å². The van der Waals surface area contributed by atoms with Crippen LogP contribution in [0.15, 0.2) is 47.4 Å². The van der Waals surface area contributed by atoms with Gasteiger partial charge < -0.3 is 11.1 Å². The summed E-state index contributed by atoms with van der Waals surface area (Å²) in [5, 5.41) is 3.78. The van der Waals surface area contributed by atoms with Crippen molar-refractivity contribution in [2.45, 2.75) is 43.4 Å². The Labute approximate surface area is 138 Å². The summed E-state index contributed by atoms with van der Waals surface area (Å²) >= 11 is 1.87. The average molecular weight is 314 g/mol. The Morgan fingerprint density at radius 2 is 1.77 bits per heavy atom. The first-order valence-electron chi connectivity index (χ1n) is 7.94. The van der Waals surface area contributed by atoms with Crippen LogP contribution in [-0.2, 0) is 6.54 Å². The van der Waals surface area contributed by atoms with Crippen LogP contribution < -0.4 is 11.1 Å². The summed E-state index contributed by atoms with van der Waals surface area (Å²) in [6, 6.07) is 15.1. The zero-order chi connectivity index (χ0) is 15.9. The molecular formula is C19H26N2S. The molecular weight excluding hydrogens is 288 g/mol. The molecule has 0 aliphatic heterocycles. The molecule has 22 heavy (non-hydrogen) atoms. The topological polar surface area (TPSA) is 38.0 Å². The van der Waals surface area contributed by atoms with E-state index in [1.54, 1.807) is 0 Å². The molecule has 0 amide bonds. The van der Waals surface area contributed by atoms with E-state index >= 15 is 0 Å². The Morgan fingerprint density at radius 1 is 1.09 bits per heavy atom. The number of rotatable bonds is 7. The first-order chi connectivity index (χ1) is 10.6. The van der Waals surface area contributed by atoms with E-state index in [9.17, 15) is 0 Å². The quantitative estimate of drug-likeness (QED) is 0.562. The molecule has 2 rings (SSSR count). The molecule has 2 aromatic carbocycles. The van der Waals surface area contributed by atoms with E-state index in [1.807, 2.05) is 18.8 Å². The monoisotopic (exact) mass is 314 g/mol. The summed E-state index contributed by atoms with van der Waals surface area (Å²) in [5.74, 6) is 0. The molecule has 0 aromatic heterocycles. The van der Waals surface area contributed by atoms with Crippen molar-refractivity contribution in [1.29, 1.82) is 0 Å². The van der Waals surface area contributed by atoms with Gasteiger partial charge in [-0.3, -0.25) is 0 Å². The third kappa shape index (κ3) is 4.52. The van der Waals surface area contributed by atoms with Crippen molar-refractivity contribution in [3.63, 3.8) is 0 Å². The van der Waals surface area contributed by atoms with Crippen LogP contribution in [0.3, 0.4) is 0 Å². The largest absolute Gasteiger partial charge is 0.398 e. The molecule has 2 aromatic rings. The normalized spacial score (nSPS) is 12.3. The summed E-state index contributed by atoms with van der Waals surface area (Å²) in [6.45, 7) is 5.39. The van der Waals surface area contributed by atoms with Gasteiger partial charge in [0, 0.05) is 22.4 Å². The van der Waals surface area contributed by atoms with E-state index in [2.05, 4.69) is 61.6 Å². The minimum Gasteiger partial charge on any atom is -0.398 e. The second-order valence-electron chi connectivity index (χ2n) is 5.70. The van der Waals surface area contributed by atoms with Crippen molar-refractivity contribution >= 4 is 17.4 Å². The second-order valence-corrected chi connectivity index (χ2v) is 7.18. The van der Waals surface area contributed by atoms with E-state index in [1.165, 1.54) is 34.4 Å². The van der Waals surface area contributed by atoms with Crippen LogP contribution in [0.25, 0.3) is 11.1 Å². The number of hydrogen-bond acceptors (Lipinski definition) is 3. The third-order valence-corrected chi connectivity index (χ3v) is 4.97. The van der Waals surface area contributed by atoms with E-state index in [-0.39, 0.29) is 0 Å². The zero-order valence-electron chi connectivity index (χ0n) is 13.7. The van der Waals surface area contributed by atoms with Gasteiger partial charge in [-0.1, -0.05) is 50.6 Å². The fourth-order valence-electron chi connectivity index (χ4n) is 2.54. The van der Waals surface area contributed by atoms with Crippen molar-refractivity contribution in [1.82, 2.24) is 5.32 Å². The molecule has 0 radical (unpaired) electrons. The van der Waals surface area contributed by atoms with Crippen LogP contribution in [0, 0.1) is 0 Å². The lowest BCUT2D eigenvalue weighted by Crippen LogP contribution is -2.04. The van der Waals surface area contributed by atoms with Crippen LogP contribution >= 0.6 is 11.8 Å². The lowest BCUT2D eigenvalue weighted by molar-refractivity contribution is 0.787. The molecule has 0 spiro atoms. The SMILES string of the molecule is CCCC(C)Sc1ccc(-c2ccc(CNC)cc2)cc1N. The van der Waals surface area contributed by atoms with Crippen molar-refractivity contribution in [2.24, 2.45) is 0 Å². The van der Waals surface area contributed by atoms with Gasteiger partial charge in [-0.05, 0) is 42.3 Å². The van der Waals surface area contributed by atoms with Crippen LogP contribution in [0.1, 0.15) is 32.3 Å². The number of thioether (sulfide) groups is 1. The van der Waals surface area contributed by atoms with Crippen LogP contribution in [0.2, 0.25) is 0 Å². The minimum atomic E-state index is 0.610. The maximum absolute atomic E-state index is 6.25. The molecule has 0 aliphatic carbocycles. The molecule has 0 saturated carbocycles. The number of nitrogens with two attached hydrogens (primary N) is 1. The van der Waals surface area contributed by atoms with Crippen LogP contribution in [0.4, 0.5) is 5.69 Å². The van der Waals surface area contributed by atoms with Gasteiger partial charge in [-0.2, -0.15) is 0 Å². The van der Waals surface area contributed by atoms with Gasteiger partial charge in [0.05, 0.1) is 0 Å². The second kappa shape index (κ2) is 8.25. The molecule has 0 bridgehead atoms. The lowest BCUT2D eigenvalue weighted by atomic mass is 10.0. The van der Waals surface area contributed by atoms with Gasteiger partial charge in [0.25, 0.3) is 0 Å². The number of nitrogen functional groups attached to an aromatic ring is 1. The summed E-state index contributed by atoms with van der Waals surface area (Å²) in [7, 11) is 1.96.